The van der Waals surface area contributed by atoms with Crippen LogP contribution >= 0.6 is 11.3 Å². The van der Waals surface area contributed by atoms with Gasteiger partial charge in [0.05, 0.1) is 11.3 Å². The molecule has 0 bridgehead atoms. The van der Waals surface area contributed by atoms with Crippen LogP contribution in [0.5, 0.6) is 0 Å². The van der Waals surface area contributed by atoms with Gasteiger partial charge in [0.25, 0.3) is 0 Å². The largest absolute Gasteiger partial charge is 0.435 e. The van der Waals surface area contributed by atoms with E-state index < -0.39 is 17.8 Å². The third-order valence-electron chi connectivity index (χ3n) is 5.06. The van der Waals surface area contributed by atoms with Crippen molar-refractivity contribution in [3.63, 3.8) is 0 Å². The quantitative estimate of drug-likeness (QED) is 0.532. The number of carbonyl (C=O) groups excluding carboxylic acids is 1. The molecule has 1 aliphatic rings. The van der Waals surface area contributed by atoms with Crippen molar-refractivity contribution in [1.29, 1.82) is 0 Å². The molecule has 0 fully saturated rings. The molecule has 10 heteroatoms. The van der Waals surface area contributed by atoms with E-state index in [4.69, 9.17) is 4.84 Å². The summed E-state index contributed by atoms with van der Waals surface area (Å²) in [6.45, 7) is 7.21. The van der Waals surface area contributed by atoms with Gasteiger partial charge < -0.3 is 4.84 Å². The third-order valence-corrected chi connectivity index (χ3v) is 5.94. The van der Waals surface area contributed by atoms with Gasteiger partial charge in [0.2, 0.25) is 5.91 Å². The van der Waals surface area contributed by atoms with Crippen LogP contribution in [0.25, 0.3) is 10.6 Å². The molecule has 4 rings (SSSR count). The number of oxime groups is 1. The highest BCUT2D eigenvalue weighted by Gasteiger charge is 2.39. The van der Waals surface area contributed by atoms with E-state index in [9.17, 15) is 18.0 Å². The molecule has 0 aliphatic carbocycles. The summed E-state index contributed by atoms with van der Waals surface area (Å²) >= 11 is 1.04. The van der Waals surface area contributed by atoms with Gasteiger partial charge in [-0.2, -0.15) is 18.3 Å². The molecule has 3 aromatic rings. The standard InChI is InChI=1S/C21H19F3N4O2S/c1-10-5-11(2)18(12(3)6-10)17-7-15(27-30-17)16-9-31-20(25-16)14-8-28(13(4)29)26-19(14)21(22,23)24/h5-6,8-9,17H,7H2,1-4H3/t17-/m1/s1. The third kappa shape index (κ3) is 3.99. The minimum absolute atomic E-state index is 0.115. The van der Waals surface area contributed by atoms with Gasteiger partial charge in [0.15, 0.2) is 11.8 Å². The van der Waals surface area contributed by atoms with Gasteiger partial charge in [-0.1, -0.05) is 22.9 Å². The molecule has 6 nitrogen and oxygen atoms in total. The molecule has 31 heavy (non-hydrogen) atoms. The lowest BCUT2D eigenvalue weighted by atomic mass is 9.93. The van der Waals surface area contributed by atoms with Crippen molar-refractivity contribution in [2.24, 2.45) is 5.16 Å². The molecule has 0 radical (unpaired) electrons. The van der Waals surface area contributed by atoms with E-state index in [0.29, 0.717) is 22.5 Å². The summed E-state index contributed by atoms with van der Waals surface area (Å²) in [5, 5.41) is 9.29. The van der Waals surface area contributed by atoms with Crippen LogP contribution in [0, 0.1) is 20.8 Å². The van der Waals surface area contributed by atoms with Crippen molar-refractivity contribution in [2.75, 3.05) is 0 Å². The summed E-state index contributed by atoms with van der Waals surface area (Å²) in [6.07, 6.45) is -3.46. The van der Waals surface area contributed by atoms with E-state index in [-0.39, 0.29) is 16.7 Å². The molecule has 0 saturated carbocycles. The SMILES string of the molecule is CC(=O)n1cc(-c2nc(C3=NO[C@@H](c4c(C)cc(C)cc4C)C3)cs2)c(C(F)(F)F)n1. The van der Waals surface area contributed by atoms with Crippen LogP contribution in [-0.4, -0.2) is 26.4 Å². The summed E-state index contributed by atoms with van der Waals surface area (Å²) in [4.78, 5) is 21.5. The van der Waals surface area contributed by atoms with Crippen LogP contribution in [-0.2, 0) is 11.0 Å². The fraction of sp³-hybridized carbons (Fsp3) is 0.333. The number of alkyl halides is 3. The van der Waals surface area contributed by atoms with Crippen LogP contribution in [0.1, 0.15) is 57.9 Å². The van der Waals surface area contributed by atoms with Crippen molar-refractivity contribution in [1.82, 2.24) is 14.8 Å². The van der Waals surface area contributed by atoms with Gasteiger partial charge in [0.1, 0.15) is 10.7 Å². The molecule has 0 unspecified atom stereocenters. The summed E-state index contributed by atoms with van der Waals surface area (Å²) in [5.74, 6) is -0.617. The van der Waals surface area contributed by atoms with E-state index in [1.807, 2.05) is 20.8 Å². The second-order valence-corrected chi connectivity index (χ2v) is 8.40. The zero-order chi connectivity index (χ0) is 22.5. The maximum Gasteiger partial charge on any atom is 0.435 e. The fourth-order valence-electron chi connectivity index (χ4n) is 3.81. The van der Waals surface area contributed by atoms with Crippen molar-refractivity contribution >= 4 is 23.0 Å². The molecule has 2 aromatic heterocycles. The summed E-state index contributed by atoms with van der Waals surface area (Å²) in [7, 11) is 0. The lowest BCUT2D eigenvalue weighted by Gasteiger charge is -2.15. The average molecular weight is 448 g/mol. The minimum Gasteiger partial charge on any atom is -0.387 e. The van der Waals surface area contributed by atoms with E-state index in [1.165, 1.54) is 0 Å². The van der Waals surface area contributed by atoms with Gasteiger partial charge in [-0.15, -0.1) is 11.3 Å². The number of hydrogen-bond acceptors (Lipinski definition) is 6. The Morgan fingerprint density at radius 1 is 1.23 bits per heavy atom. The zero-order valence-electron chi connectivity index (χ0n) is 17.2. The monoisotopic (exact) mass is 448 g/mol. The lowest BCUT2D eigenvalue weighted by Crippen LogP contribution is -2.11. The maximum absolute atomic E-state index is 13.4. The smallest absolute Gasteiger partial charge is 0.387 e. The molecule has 0 saturated heterocycles. The first-order valence-electron chi connectivity index (χ1n) is 9.49. The van der Waals surface area contributed by atoms with Crippen LogP contribution in [0.3, 0.4) is 0 Å². The van der Waals surface area contributed by atoms with Crippen LogP contribution in [0.15, 0.2) is 28.9 Å². The lowest BCUT2D eigenvalue weighted by molar-refractivity contribution is -0.140. The highest BCUT2D eigenvalue weighted by molar-refractivity contribution is 7.13. The van der Waals surface area contributed by atoms with E-state index in [0.717, 1.165) is 46.7 Å². The molecule has 3 heterocycles. The number of benzene rings is 1. The van der Waals surface area contributed by atoms with Crippen LogP contribution < -0.4 is 0 Å². The normalized spacial score (nSPS) is 16.4. The number of rotatable bonds is 3. The molecule has 1 aromatic carbocycles. The Bertz CT molecular complexity index is 1190. The molecular formula is C21H19F3N4O2S. The highest BCUT2D eigenvalue weighted by atomic mass is 32.1. The predicted molar refractivity (Wildman–Crippen MR) is 110 cm³/mol. The molecule has 0 N–H and O–H groups in total. The van der Waals surface area contributed by atoms with Gasteiger partial charge in [0, 0.05) is 30.5 Å². The van der Waals surface area contributed by atoms with Gasteiger partial charge in [-0.3, -0.25) is 4.79 Å². The maximum atomic E-state index is 13.4. The summed E-state index contributed by atoms with van der Waals surface area (Å²) < 4.78 is 40.9. The Morgan fingerprint density at radius 2 is 1.90 bits per heavy atom. The van der Waals surface area contributed by atoms with Crippen molar-refractivity contribution in [2.45, 2.75) is 46.4 Å². The van der Waals surface area contributed by atoms with Crippen LogP contribution in [0.2, 0.25) is 0 Å². The number of aryl methyl sites for hydroxylation is 3. The second kappa shape index (κ2) is 7.60. The van der Waals surface area contributed by atoms with Crippen molar-refractivity contribution in [3.05, 3.63) is 57.4 Å². The number of hydrogen-bond donors (Lipinski definition) is 0. The first kappa shape index (κ1) is 21.2. The Balaban J connectivity index is 1.62. The van der Waals surface area contributed by atoms with E-state index in [1.54, 1.807) is 5.38 Å². The fourth-order valence-corrected chi connectivity index (χ4v) is 4.65. The zero-order valence-corrected chi connectivity index (χ0v) is 18.1. The Kier molecular flexibility index (Phi) is 5.20. The second-order valence-electron chi connectivity index (χ2n) is 7.54. The number of carbonyl (C=O) groups is 1. The number of thiazole rings is 1. The molecule has 1 atom stereocenters. The molecule has 1 aliphatic heterocycles. The summed E-state index contributed by atoms with van der Waals surface area (Å²) in [6, 6.07) is 4.16. The van der Waals surface area contributed by atoms with E-state index >= 15 is 0 Å². The molecule has 0 amide bonds. The molecule has 162 valence electrons. The Labute approximate surface area is 180 Å². The van der Waals surface area contributed by atoms with Crippen molar-refractivity contribution in [3.8, 4) is 10.6 Å². The minimum atomic E-state index is -4.71. The van der Waals surface area contributed by atoms with Gasteiger partial charge in [-0.25, -0.2) is 9.67 Å². The summed E-state index contributed by atoms with van der Waals surface area (Å²) in [5.41, 5.74) is 4.06. The predicted octanol–water partition coefficient (Wildman–Crippen LogP) is 5.48. The molecule has 0 spiro atoms. The number of aromatic nitrogens is 3. The highest BCUT2D eigenvalue weighted by Crippen LogP contribution is 2.39. The average Bonchev–Trinajstić information content (AvgIpc) is 3.38. The Hall–Kier alpha value is -3.01. The number of halogens is 3. The first-order chi connectivity index (χ1) is 14.5. The first-order valence-corrected chi connectivity index (χ1v) is 10.4. The Morgan fingerprint density at radius 3 is 2.52 bits per heavy atom. The van der Waals surface area contributed by atoms with Gasteiger partial charge in [-0.05, 0) is 31.9 Å². The van der Waals surface area contributed by atoms with E-state index in [2.05, 4.69) is 27.4 Å². The topological polar surface area (TPSA) is 69.4 Å². The number of nitrogens with zero attached hydrogens (tertiary/aromatic N) is 4. The van der Waals surface area contributed by atoms with Crippen molar-refractivity contribution < 1.29 is 22.8 Å². The van der Waals surface area contributed by atoms with Gasteiger partial charge >= 0.3 is 6.18 Å². The van der Waals surface area contributed by atoms with Crippen LogP contribution in [0.4, 0.5) is 13.2 Å². The molecular weight excluding hydrogens is 429 g/mol.